The van der Waals surface area contributed by atoms with Gasteiger partial charge < -0.3 is 24.6 Å². The molecule has 0 aliphatic carbocycles. The summed E-state index contributed by atoms with van der Waals surface area (Å²) < 4.78 is 7.34. The van der Waals surface area contributed by atoms with Crippen molar-refractivity contribution >= 4 is 34.3 Å². The SMILES string of the molecule is CC(C)n1cc2c(NC(c3ccccc3)c3ccc(Cl)cc3)nc(N3CCOCC3)nc2c1O. The quantitative estimate of drug-likeness (QED) is 0.387. The third kappa shape index (κ3) is 4.41. The van der Waals surface area contributed by atoms with Crippen molar-refractivity contribution in [2.75, 3.05) is 36.5 Å². The van der Waals surface area contributed by atoms with E-state index in [1.165, 1.54) is 0 Å². The molecule has 1 fully saturated rings. The second kappa shape index (κ2) is 9.52. The van der Waals surface area contributed by atoms with Gasteiger partial charge in [-0.2, -0.15) is 4.98 Å². The molecule has 1 atom stereocenters. The number of ether oxygens (including phenoxy) is 1. The first kappa shape index (κ1) is 22.5. The molecule has 5 rings (SSSR count). The van der Waals surface area contributed by atoms with Crippen LogP contribution < -0.4 is 10.2 Å². The van der Waals surface area contributed by atoms with Crippen molar-refractivity contribution in [3.8, 4) is 5.88 Å². The molecular formula is C26H28ClN5O2. The van der Waals surface area contributed by atoms with Gasteiger partial charge in [0.05, 0.1) is 24.6 Å². The molecule has 1 aliphatic heterocycles. The minimum absolute atomic E-state index is 0.0788. The first-order valence-corrected chi connectivity index (χ1v) is 11.9. The second-order valence-corrected chi connectivity index (χ2v) is 9.16. The number of halogens is 1. The van der Waals surface area contributed by atoms with Crippen LogP contribution in [0.25, 0.3) is 10.9 Å². The maximum Gasteiger partial charge on any atom is 0.228 e. The molecule has 34 heavy (non-hydrogen) atoms. The summed E-state index contributed by atoms with van der Waals surface area (Å²) in [5, 5.41) is 16.1. The van der Waals surface area contributed by atoms with Gasteiger partial charge in [-0.05, 0) is 37.1 Å². The van der Waals surface area contributed by atoms with Gasteiger partial charge >= 0.3 is 0 Å². The zero-order chi connectivity index (χ0) is 23.7. The summed E-state index contributed by atoms with van der Waals surface area (Å²) in [7, 11) is 0. The molecular weight excluding hydrogens is 450 g/mol. The number of aromatic hydroxyl groups is 1. The van der Waals surface area contributed by atoms with Crippen LogP contribution >= 0.6 is 11.6 Å². The molecule has 0 radical (unpaired) electrons. The van der Waals surface area contributed by atoms with Gasteiger partial charge in [0.2, 0.25) is 11.8 Å². The Balaban J connectivity index is 1.65. The number of benzene rings is 2. The van der Waals surface area contributed by atoms with Gasteiger partial charge in [0.15, 0.2) is 0 Å². The van der Waals surface area contributed by atoms with Gasteiger partial charge in [-0.1, -0.05) is 54.1 Å². The summed E-state index contributed by atoms with van der Waals surface area (Å²) in [6, 6.07) is 18.0. The molecule has 0 bridgehead atoms. The van der Waals surface area contributed by atoms with Gasteiger partial charge in [-0.25, -0.2) is 4.98 Å². The smallest absolute Gasteiger partial charge is 0.228 e. The highest BCUT2D eigenvalue weighted by molar-refractivity contribution is 6.30. The molecule has 176 valence electrons. The number of nitrogens with zero attached hydrogens (tertiary/aromatic N) is 4. The molecule has 1 unspecified atom stereocenters. The summed E-state index contributed by atoms with van der Waals surface area (Å²) in [5.41, 5.74) is 2.69. The lowest BCUT2D eigenvalue weighted by Gasteiger charge is -2.28. The average Bonchev–Trinajstić information content (AvgIpc) is 3.21. The summed E-state index contributed by atoms with van der Waals surface area (Å²) in [6.45, 7) is 6.72. The zero-order valence-electron chi connectivity index (χ0n) is 19.3. The Hall–Kier alpha value is -3.29. The Morgan fingerprint density at radius 1 is 0.971 bits per heavy atom. The van der Waals surface area contributed by atoms with E-state index in [1.807, 2.05) is 67.1 Å². The lowest BCUT2D eigenvalue weighted by Crippen LogP contribution is -2.37. The fourth-order valence-electron chi connectivity index (χ4n) is 4.28. The number of aromatic nitrogens is 3. The third-order valence-corrected chi connectivity index (χ3v) is 6.38. The van der Waals surface area contributed by atoms with E-state index in [0.29, 0.717) is 48.6 Å². The van der Waals surface area contributed by atoms with Crippen molar-refractivity contribution in [3.63, 3.8) is 0 Å². The molecule has 8 heteroatoms. The molecule has 0 saturated carbocycles. The van der Waals surface area contributed by atoms with Crippen LogP contribution in [-0.4, -0.2) is 45.9 Å². The average molecular weight is 478 g/mol. The van der Waals surface area contributed by atoms with Crippen molar-refractivity contribution in [2.24, 2.45) is 0 Å². The van der Waals surface area contributed by atoms with Crippen molar-refractivity contribution in [1.29, 1.82) is 0 Å². The number of morpholine rings is 1. The summed E-state index contributed by atoms with van der Waals surface area (Å²) in [4.78, 5) is 11.8. The Morgan fingerprint density at radius 3 is 2.32 bits per heavy atom. The molecule has 1 saturated heterocycles. The zero-order valence-corrected chi connectivity index (χ0v) is 20.0. The van der Waals surface area contributed by atoms with Gasteiger partial charge in [-0.3, -0.25) is 0 Å². The van der Waals surface area contributed by atoms with Crippen LogP contribution in [0.1, 0.15) is 37.1 Å². The Bertz CT molecular complexity index is 1270. The first-order valence-electron chi connectivity index (χ1n) is 11.5. The van der Waals surface area contributed by atoms with Crippen LogP contribution in [-0.2, 0) is 4.74 Å². The monoisotopic (exact) mass is 477 g/mol. The van der Waals surface area contributed by atoms with E-state index in [1.54, 1.807) is 0 Å². The van der Waals surface area contributed by atoms with Crippen molar-refractivity contribution in [1.82, 2.24) is 14.5 Å². The van der Waals surface area contributed by atoms with E-state index < -0.39 is 0 Å². The molecule has 4 aromatic rings. The van der Waals surface area contributed by atoms with E-state index in [-0.39, 0.29) is 18.0 Å². The number of hydrogen-bond donors (Lipinski definition) is 2. The van der Waals surface area contributed by atoms with Crippen LogP contribution in [0.2, 0.25) is 5.02 Å². The Labute approximate surface area is 204 Å². The van der Waals surface area contributed by atoms with E-state index in [4.69, 9.17) is 26.3 Å². The maximum atomic E-state index is 11.0. The molecule has 3 heterocycles. The van der Waals surface area contributed by atoms with Crippen LogP contribution in [0.5, 0.6) is 5.88 Å². The Morgan fingerprint density at radius 2 is 1.65 bits per heavy atom. The van der Waals surface area contributed by atoms with Crippen LogP contribution in [0.4, 0.5) is 11.8 Å². The third-order valence-electron chi connectivity index (χ3n) is 6.13. The van der Waals surface area contributed by atoms with Gasteiger partial charge in [-0.15, -0.1) is 0 Å². The van der Waals surface area contributed by atoms with Crippen LogP contribution in [0.15, 0.2) is 60.8 Å². The number of nitrogens with one attached hydrogen (secondary N) is 1. The van der Waals surface area contributed by atoms with Crippen molar-refractivity contribution in [3.05, 3.63) is 76.9 Å². The summed E-state index contributed by atoms with van der Waals surface area (Å²) in [6.07, 6.45) is 1.92. The second-order valence-electron chi connectivity index (χ2n) is 8.73. The predicted octanol–water partition coefficient (Wildman–Crippen LogP) is 5.41. The topological polar surface area (TPSA) is 75.4 Å². The normalized spacial score (nSPS) is 15.1. The molecule has 2 aromatic carbocycles. The highest BCUT2D eigenvalue weighted by atomic mass is 35.5. The predicted molar refractivity (Wildman–Crippen MR) is 136 cm³/mol. The van der Waals surface area contributed by atoms with Gasteiger partial charge in [0, 0.05) is 30.4 Å². The van der Waals surface area contributed by atoms with Gasteiger partial charge in [0.1, 0.15) is 11.3 Å². The van der Waals surface area contributed by atoms with Gasteiger partial charge in [0.25, 0.3) is 0 Å². The minimum atomic E-state index is -0.168. The number of anilines is 2. The summed E-state index contributed by atoms with van der Waals surface area (Å²) in [5.74, 6) is 1.40. The number of fused-ring (bicyclic) bond motifs is 1. The Kier molecular flexibility index (Phi) is 6.30. The van der Waals surface area contributed by atoms with Crippen molar-refractivity contribution in [2.45, 2.75) is 25.9 Å². The van der Waals surface area contributed by atoms with Crippen LogP contribution in [0.3, 0.4) is 0 Å². The largest absolute Gasteiger partial charge is 0.493 e. The molecule has 2 aromatic heterocycles. The molecule has 7 nitrogen and oxygen atoms in total. The molecule has 1 aliphatic rings. The molecule has 2 N–H and O–H groups in total. The van der Waals surface area contributed by atoms with E-state index >= 15 is 0 Å². The molecule has 0 spiro atoms. The molecule has 0 amide bonds. The fraction of sp³-hybridized carbons (Fsp3) is 0.308. The van der Waals surface area contributed by atoms with E-state index in [9.17, 15) is 5.11 Å². The van der Waals surface area contributed by atoms with Crippen molar-refractivity contribution < 1.29 is 9.84 Å². The van der Waals surface area contributed by atoms with Crippen LogP contribution in [0, 0.1) is 0 Å². The van der Waals surface area contributed by atoms with E-state index in [2.05, 4.69) is 22.3 Å². The maximum absolute atomic E-state index is 11.0. The number of hydrogen-bond acceptors (Lipinski definition) is 6. The summed E-state index contributed by atoms with van der Waals surface area (Å²) >= 11 is 6.17. The first-order chi connectivity index (χ1) is 16.5. The highest BCUT2D eigenvalue weighted by Crippen LogP contribution is 2.36. The standard InChI is InChI=1S/C26H28ClN5O2/c1-17(2)32-16-21-23(25(32)33)29-26(31-12-14-34-15-13-31)30-24(21)28-22(18-6-4-3-5-7-18)19-8-10-20(27)11-9-19/h3-11,16-17,22,33H,12-15H2,1-2H3,(H,28,29,30). The lowest BCUT2D eigenvalue weighted by atomic mass is 9.98. The minimum Gasteiger partial charge on any atom is -0.493 e. The van der Waals surface area contributed by atoms with E-state index in [0.717, 1.165) is 16.5 Å². The highest BCUT2D eigenvalue weighted by Gasteiger charge is 2.24. The number of rotatable bonds is 6. The fourth-order valence-corrected chi connectivity index (χ4v) is 4.40. The lowest BCUT2D eigenvalue weighted by molar-refractivity contribution is 0.122.